The monoisotopic (exact) mass is 497 g/mol. The van der Waals surface area contributed by atoms with E-state index < -0.39 is 0 Å². The van der Waals surface area contributed by atoms with E-state index in [0.29, 0.717) is 32.8 Å². The van der Waals surface area contributed by atoms with Crippen LogP contribution in [0.2, 0.25) is 0 Å². The Balaban J connectivity index is 1.57. The van der Waals surface area contributed by atoms with E-state index in [2.05, 4.69) is 16.0 Å². The smallest absolute Gasteiger partial charge is 0.219 e. The molecular formula is C28H39N3O5. The van der Waals surface area contributed by atoms with Crippen molar-refractivity contribution in [3.8, 4) is 22.9 Å². The number of amides is 1. The van der Waals surface area contributed by atoms with Gasteiger partial charge in [-0.15, -0.1) is 0 Å². The summed E-state index contributed by atoms with van der Waals surface area (Å²) in [6.45, 7) is 3.43. The molecule has 1 heterocycles. The van der Waals surface area contributed by atoms with Crippen LogP contribution in [-0.4, -0.2) is 63.2 Å². The second kappa shape index (κ2) is 15.1. The molecule has 8 heteroatoms. The number of hydrogen-bond acceptors (Lipinski definition) is 6. The summed E-state index contributed by atoms with van der Waals surface area (Å²) in [5.41, 5.74) is 3.01. The number of nitrogens with one attached hydrogen (secondary N) is 1. The predicted molar refractivity (Wildman–Crippen MR) is 142 cm³/mol. The topological polar surface area (TPSA) is 83.8 Å². The Bertz CT molecular complexity index is 1060. The molecule has 0 aliphatic heterocycles. The number of unbranched alkanes of at least 4 members (excludes halogenated alkanes) is 2. The molecule has 1 N–H and O–H groups in total. The molecule has 0 aliphatic rings. The zero-order chi connectivity index (χ0) is 25.6. The predicted octanol–water partition coefficient (Wildman–Crippen LogP) is 4.84. The summed E-state index contributed by atoms with van der Waals surface area (Å²) >= 11 is 0. The van der Waals surface area contributed by atoms with Crippen LogP contribution in [-0.2, 0) is 20.8 Å². The van der Waals surface area contributed by atoms with Gasteiger partial charge in [0.25, 0.3) is 0 Å². The first-order valence-electron chi connectivity index (χ1n) is 12.7. The minimum Gasteiger partial charge on any atom is -0.497 e. The second-order valence-electron chi connectivity index (χ2n) is 8.67. The minimum atomic E-state index is 0.104. The third-order valence-corrected chi connectivity index (χ3v) is 5.96. The summed E-state index contributed by atoms with van der Waals surface area (Å²) in [6.07, 6.45) is 4.98. The quantitative estimate of drug-likeness (QED) is 0.269. The van der Waals surface area contributed by atoms with Crippen molar-refractivity contribution in [2.75, 3.05) is 47.7 Å². The number of nitrogens with zero attached hydrogens (tertiary/aromatic N) is 2. The fourth-order valence-corrected chi connectivity index (χ4v) is 4.03. The third-order valence-electron chi connectivity index (χ3n) is 5.96. The average molecular weight is 498 g/mol. The van der Waals surface area contributed by atoms with Crippen molar-refractivity contribution in [2.24, 2.45) is 0 Å². The van der Waals surface area contributed by atoms with Gasteiger partial charge in [0.05, 0.1) is 24.8 Å². The molecule has 0 saturated heterocycles. The van der Waals surface area contributed by atoms with E-state index in [4.69, 9.17) is 23.9 Å². The minimum absolute atomic E-state index is 0.104. The van der Waals surface area contributed by atoms with Crippen molar-refractivity contribution in [1.29, 1.82) is 0 Å². The lowest BCUT2D eigenvalue weighted by Gasteiger charge is -2.11. The number of fused-ring (bicyclic) bond motifs is 1. The summed E-state index contributed by atoms with van der Waals surface area (Å²) in [6, 6.07) is 14.0. The van der Waals surface area contributed by atoms with Crippen molar-refractivity contribution >= 4 is 16.9 Å². The van der Waals surface area contributed by atoms with E-state index in [1.807, 2.05) is 36.4 Å². The Morgan fingerprint density at radius 1 is 0.861 bits per heavy atom. The number of benzene rings is 2. The molecule has 8 nitrogen and oxygen atoms in total. The maximum absolute atomic E-state index is 11.8. The van der Waals surface area contributed by atoms with Crippen molar-refractivity contribution < 1.29 is 23.7 Å². The van der Waals surface area contributed by atoms with Crippen molar-refractivity contribution in [1.82, 2.24) is 14.9 Å². The Kier molecular flexibility index (Phi) is 11.5. The molecule has 0 bridgehead atoms. The molecular weight excluding hydrogens is 458 g/mol. The molecule has 36 heavy (non-hydrogen) atoms. The summed E-state index contributed by atoms with van der Waals surface area (Å²) in [4.78, 5) is 16.8. The SMILES string of the molecule is COCCCNC(=O)CCCCCOc1ccc2nc(-c3ccc(OC)cc3)n(CCCOC)c2c1. The van der Waals surface area contributed by atoms with Gasteiger partial charge >= 0.3 is 0 Å². The average Bonchev–Trinajstić information content (AvgIpc) is 3.26. The molecule has 196 valence electrons. The number of hydrogen-bond donors (Lipinski definition) is 1. The molecule has 0 unspecified atom stereocenters. The number of rotatable bonds is 17. The summed E-state index contributed by atoms with van der Waals surface area (Å²) in [5, 5.41) is 2.92. The molecule has 0 aliphatic carbocycles. The first-order valence-corrected chi connectivity index (χ1v) is 12.7. The summed E-state index contributed by atoms with van der Waals surface area (Å²) in [5.74, 6) is 2.67. The van der Waals surface area contributed by atoms with E-state index in [1.165, 1.54) is 0 Å². The van der Waals surface area contributed by atoms with Crippen molar-refractivity contribution in [3.05, 3.63) is 42.5 Å². The normalized spacial score (nSPS) is 11.1. The lowest BCUT2D eigenvalue weighted by atomic mass is 10.2. The Labute approximate surface area is 213 Å². The van der Waals surface area contributed by atoms with Gasteiger partial charge in [0, 0.05) is 58.6 Å². The molecule has 0 spiro atoms. The zero-order valence-corrected chi connectivity index (χ0v) is 21.8. The van der Waals surface area contributed by atoms with Gasteiger partial charge in [-0.3, -0.25) is 4.79 Å². The number of imidazole rings is 1. The molecule has 0 fully saturated rings. The number of ether oxygens (including phenoxy) is 4. The van der Waals surface area contributed by atoms with Crippen LogP contribution in [0.15, 0.2) is 42.5 Å². The molecule has 1 amide bonds. The first kappa shape index (κ1) is 27.5. The third kappa shape index (κ3) is 8.24. The van der Waals surface area contributed by atoms with Gasteiger partial charge in [0.15, 0.2) is 0 Å². The number of aromatic nitrogens is 2. The molecule has 3 rings (SSSR count). The summed E-state index contributed by atoms with van der Waals surface area (Å²) < 4.78 is 23.8. The largest absolute Gasteiger partial charge is 0.497 e. The van der Waals surface area contributed by atoms with E-state index >= 15 is 0 Å². The highest BCUT2D eigenvalue weighted by Gasteiger charge is 2.14. The van der Waals surface area contributed by atoms with Gasteiger partial charge in [-0.2, -0.15) is 0 Å². The van der Waals surface area contributed by atoms with E-state index in [-0.39, 0.29) is 5.91 Å². The van der Waals surface area contributed by atoms with Crippen LogP contribution in [0.5, 0.6) is 11.5 Å². The van der Waals surface area contributed by atoms with Crippen LogP contribution in [0.1, 0.15) is 38.5 Å². The van der Waals surface area contributed by atoms with E-state index in [0.717, 1.165) is 72.6 Å². The van der Waals surface area contributed by atoms with Crippen LogP contribution in [0.4, 0.5) is 0 Å². The van der Waals surface area contributed by atoms with Crippen molar-refractivity contribution in [3.63, 3.8) is 0 Å². The standard InChI is InChI=1S/C28H39N3O5/c1-33-18-7-16-29-27(32)9-5-4-6-20-36-24-14-15-25-26(21-24)31(17-8-19-34-2)28(30-25)22-10-12-23(35-3)13-11-22/h10-15,21H,4-9,16-20H2,1-3H3,(H,29,32). The number of aryl methyl sites for hydroxylation is 1. The fraction of sp³-hybridized carbons (Fsp3) is 0.500. The van der Waals surface area contributed by atoms with Gasteiger partial charge in [0.2, 0.25) is 5.91 Å². The Hall–Kier alpha value is -3.10. The maximum Gasteiger partial charge on any atom is 0.219 e. The highest BCUT2D eigenvalue weighted by atomic mass is 16.5. The van der Waals surface area contributed by atoms with Crippen LogP contribution in [0.25, 0.3) is 22.4 Å². The number of carbonyl (C=O) groups excluding carboxylic acids is 1. The lowest BCUT2D eigenvalue weighted by molar-refractivity contribution is -0.121. The first-order chi connectivity index (χ1) is 17.7. The van der Waals surface area contributed by atoms with E-state index in [9.17, 15) is 4.79 Å². The van der Waals surface area contributed by atoms with E-state index in [1.54, 1.807) is 21.3 Å². The molecule has 0 saturated carbocycles. The molecule has 3 aromatic rings. The van der Waals surface area contributed by atoms with Gasteiger partial charge in [-0.05, 0) is 68.5 Å². The van der Waals surface area contributed by atoms with Crippen LogP contribution < -0.4 is 14.8 Å². The molecule has 0 radical (unpaired) electrons. The fourth-order valence-electron chi connectivity index (χ4n) is 4.03. The number of methoxy groups -OCH3 is 3. The van der Waals surface area contributed by atoms with Crippen LogP contribution in [0, 0.1) is 0 Å². The second-order valence-corrected chi connectivity index (χ2v) is 8.67. The molecule has 0 atom stereocenters. The van der Waals surface area contributed by atoms with Gasteiger partial charge in [0.1, 0.15) is 17.3 Å². The zero-order valence-electron chi connectivity index (χ0n) is 21.8. The molecule has 1 aromatic heterocycles. The van der Waals surface area contributed by atoms with Crippen molar-refractivity contribution in [2.45, 2.75) is 45.1 Å². The van der Waals surface area contributed by atoms with Gasteiger partial charge < -0.3 is 28.8 Å². The maximum atomic E-state index is 11.8. The van der Waals surface area contributed by atoms with Crippen LogP contribution in [0.3, 0.4) is 0 Å². The summed E-state index contributed by atoms with van der Waals surface area (Å²) in [7, 11) is 5.05. The Morgan fingerprint density at radius 2 is 1.61 bits per heavy atom. The Morgan fingerprint density at radius 3 is 2.36 bits per heavy atom. The highest BCUT2D eigenvalue weighted by molar-refractivity contribution is 5.82. The lowest BCUT2D eigenvalue weighted by Crippen LogP contribution is -2.24. The van der Waals surface area contributed by atoms with Crippen LogP contribution >= 0.6 is 0 Å². The van der Waals surface area contributed by atoms with Gasteiger partial charge in [-0.1, -0.05) is 0 Å². The number of carbonyl (C=O) groups is 1. The highest BCUT2D eigenvalue weighted by Crippen LogP contribution is 2.29. The molecule has 2 aromatic carbocycles. The van der Waals surface area contributed by atoms with Gasteiger partial charge in [-0.25, -0.2) is 4.98 Å².